The van der Waals surface area contributed by atoms with E-state index >= 15 is 0 Å². The summed E-state index contributed by atoms with van der Waals surface area (Å²) in [6.07, 6.45) is 5.69. The predicted octanol–water partition coefficient (Wildman–Crippen LogP) is 2.24. The van der Waals surface area contributed by atoms with Crippen LogP contribution in [0, 0.1) is 5.92 Å². The Kier molecular flexibility index (Phi) is 3.27. The first-order chi connectivity index (χ1) is 7.31. The number of rotatable bonds is 3. The van der Waals surface area contributed by atoms with Gasteiger partial charge in [0.05, 0.1) is 0 Å². The fraction of sp³-hybridized carbons (Fsp3) is 0.538. The molecule has 0 saturated carbocycles. The van der Waals surface area contributed by atoms with E-state index in [1.807, 2.05) is 6.07 Å². The lowest BCUT2D eigenvalue weighted by molar-refractivity contribution is 0.402. The molecule has 0 heterocycles. The highest BCUT2D eigenvalue weighted by molar-refractivity contribution is 5.40. The van der Waals surface area contributed by atoms with E-state index < -0.39 is 0 Å². The van der Waals surface area contributed by atoms with Crippen LogP contribution in [0.1, 0.15) is 30.4 Å². The van der Waals surface area contributed by atoms with Crippen LogP contribution in [0.5, 0.6) is 5.75 Å². The quantitative estimate of drug-likeness (QED) is 0.795. The smallest absolute Gasteiger partial charge is 0.119 e. The van der Waals surface area contributed by atoms with Crippen molar-refractivity contribution in [2.45, 2.75) is 32.1 Å². The van der Waals surface area contributed by atoms with Gasteiger partial charge in [0.1, 0.15) is 5.75 Å². The Morgan fingerprint density at radius 1 is 1.40 bits per heavy atom. The minimum Gasteiger partial charge on any atom is -0.508 e. The number of aromatic hydroxyl groups is 1. The Morgan fingerprint density at radius 3 is 3.07 bits per heavy atom. The molecule has 2 rings (SSSR count). The van der Waals surface area contributed by atoms with Gasteiger partial charge in [0.2, 0.25) is 0 Å². The summed E-state index contributed by atoms with van der Waals surface area (Å²) in [5.74, 6) is 1.24. The van der Waals surface area contributed by atoms with Crippen LogP contribution in [0.25, 0.3) is 0 Å². The third kappa shape index (κ3) is 2.32. The lowest BCUT2D eigenvalue weighted by Crippen LogP contribution is -2.15. The zero-order chi connectivity index (χ0) is 10.7. The van der Waals surface area contributed by atoms with Crippen molar-refractivity contribution in [2.24, 2.45) is 11.7 Å². The third-order valence-corrected chi connectivity index (χ3v) is 3.38. The monoisotopic (exact) mass is 205 g/mol. The highest BCUT2D eigenvalue weighted by Gasteiger charge is 2.19. The van der Waals surface area contributed by atoms with Crippen molar-refractivity contribution in [3.63, 3.8) is 0 Å². The molecular weight excluding hydrogens is 186 g/mol. The van der Waals surface area contributed by atoms with Crippen molar-refractivity contribution in [3.8, 4) is 5.75 Å². The van der Waals surface area contributed by atoms with Gasteiger partial charge in [-0.3, -0.25) is 0 Å². The van der Waals surface area contributed by atoms with Gasteiger partial charge in [-0.2, -0.15) is 0 Å². The molecule has 1 aliphatic carbocycles. The Bertz CT molecular complexity index is 335. The summed E-state index contributed by atoms with van der Waals surface area (Å²) in [6, 6.07) is 5.88. The van der Waals surface area contributed by atoms with Gasteiger partial charge in [-0.1, -0.05) is 12.1 Å². The summed E-state index contributed by atoms with van der Waals surface area (Å²) in [4.78, 5) is 0. The lowest BCUT2D eigenvalue weighted by atomic mass is 9.81. The van der Waals surface area contributed by atoms with Crippen LogP contribution in [0.2, 0.25) is 0 Å². The van der Waals surface area contributed by atoms with Crippen LogP contribution in [-0.4, -0.2) is 11.7 Å². The van der Waals surface area contributed by atoms with E-state index in [4.69, 9.17) is 5.73 Å². The SMILES string of the molecule is NCCCC1CCc2c(O)cccc2C1. The topological polar surface area (TPSA) is 46.2 Å². The second kappa shape index (κ2) is 4.67. The normalized spacial score (nSPS) is 19.9. The first-order valence-electron chi connectivity index (χ1n) is 5.81. The van der Waals surface area contributed by atoms with Gasteiger partial charge in [0, 0.05) is 0 Å². The van der Waals surface area contributed by atoms with E-state index in [0.29, 0.717) is 5.75 Å². The van der Waals surface area contributed by atoms with Crippen LogP contribution in [0.3, 0.4) is 0 Å². The van der Waals surface area contributed by atoms with Gasteiger partial charge in [0.25, 0.3) is 0 Å². The fourth-order valence-electron chi connectivity index (χ4n) is 2.52. The molecule has 0 amide bonds. The fourth-order valence-corrected chi connectivity index (χ4v) is 2.52. The molecule has 3 N–H and O–H groups in total. The summed E-state index contributed by atoms with van der Waals surface area (Å²) in [5, 5.41) is 9.70. The molecular formula is C13H19NO. The van der Waals surface area contributed by atoms with Crippen molar-refractivity contribution in [1.82, 2.24) is 0 Å². The molecule has 1 aromatic rings. The van der Waals surface area contributed by atoms with Gasteiger partial charge < -0.3 is 10.8 Å². The molecule has 2 heteroatoms. The van der Waals surface area contributed by atoms with Crippen LogP contribution in [-0.2, 0) is 12.8 Å². The maximum absolute atomic E-state index is 9.70. The molecule has 1 aromatic carbocycles. The van der Waals surface area contributed by atoms with Gasteiger partial charge >= 0.3 is 0 Å². The molecule has 0 saturated heterocycles. The minimum atomic E-state index is 0.477. The Balaban J connectivity index is 2.07. The standard InChI is InChI=1S/C13H19NO/c14-8-2-3-10-6-7-12-11(9-10)4-1-5-13(12)15/h1,4-5,10,15H,2-3,6-9,14H2. The highest BCUT2D eigenvalue weighted by atomic mass is 16.3. The number of phenols is 1. The van der Waals surface area contributed by atoms with E-state index in [1.165, 1.54) is 24.0 Å². The number of nitrogens with two attached hydrogens (primary N) is 1. The molecule has 0 aliphatic heterocycles. The van der Waals surface area contributed by atoms with Gasteiger partial charge in [-0.25, -0.2) is 0 Å². The second-order valence-electron chi connectivity index (χ2n) is 4.45. The average Bonchev–Trinajstić information content (AvgIpc) is 2.26. The molecule has 0 radical (unpaired) electrons. The van der Waals surface area contributed by atoms with Crippen LogP contribution < -0.4 is 5.73 Å². The number of hydrogen-bond donors (Lipinski definition) is 2. The Morgan fingerprint density at radius 2 is 2.27 bits per heavy atom. The molecule has 2 nitrogen and oxygen atoms in total. The number of hydrogen-bond acceptors (Lipinski definition) is 2. The van der Waals surface area contributed by atoms with Gasteiger partial charge in [-0.15, -0.1) is 0 Å². The first-order valence-corrected chi connectivity index (χ1v) is 5.81. The summed E-state index contributed by atoms with van der Waals surface area (Å²) in [7, 11) is 0. The first kappa shape index (κ1) is 10.5. The molecule has 0 aromatic heterocycles. The molecule has 0 spiro atoms. The zero-order valence-corrected chi connectivity index (χ0v) is 9.08. The number of phenolic OH excluding ortho intramolecular Hbond substituents is 1. The Labute approximate surface area is 91.1 Å². The number of fused-ring (bicyclic) bond motifs is 1. The van der Waals surface area contributed by atoms with Crippen molar-refractivity contribution in [2.75, 3.05) is 6.54 Å². The van der Waals surface area contributed by atoms with E-state index in [1.54, 1.807) is 6.07 Å². The van der Waals surface area contributed by atoms with E-state index in [0.717, 1.165) is 31.7 Å². The summed E-state index contributed by atoms with van der Waals surface area (Å²) >= 11 is 0. The van der Waals surface area contributed by atoms with E-state index in [-0.39, 0.29) is 0 Å². The summed E-state index contributed by atoms with van der Waals surface area (Å²) in [6.45, 7) is 0.795. The molecule has 1 aliphatic rings. The van der Waals surface area contributed by atoms with Crippen molar-refractivity contribution < 1.29 is 5.11 Å². The second-order valence-corrected chi connectivity index (χ2v) is 4.45. The zero-order valence-electron chi connectivity index (χ0n) is 9.08. The summed E-state index contributed by atoms with van der Waals surface area (Å²) in [5.41, 5.74) is 8.03. The van der Waals surface area contributed by atoms with Crippen LogP contribution >= 0.6 is 0 Å². The lowest BCUT2D eigenvalue weighted by Gasteiger charge is -2.24. The van der Waals surface area contributed by atoms with Gasteiger partial charge in [-0.05, 0) is 61.8 Å². The highest BCUT2D eigenvalue weighted by Crippen LogP contribution is 2.32. The largest absolute Gasteiger partial charge is 0.508 e. The minimum absolute atomic E-state index is 0.477. The van der Waals surface area contributed by atoms with Crippen molar-refractivity contribution in [1.29, 1.82) is 0 Å². The maximum atomic E-state index is 9.70. The molecule has 1 unspecified atom stereocenters. The van der Waals surface area contributed by atoms with Crippen molar-refractivity contribution in [3.05, 3.63) is 29.3 Å². The molecule has 0 bridgehead atoms. The molecule has 15 heavy (non-hydrogen) atoms. The van der Waals surface area contributed by atoms with Crippen molar-refractivity contribution >= 4 is 0 Å². The Hall–Kier alpha value is -1.02. The van der Waals surface area contributed by atoms with E-state index in [9.17, 15) is 5.11 Å². The molecule has 82 valence electrons. The third-order valence-electron chi connectivity index (χ3n) is 3.38. The van der Waals surface area contributed by atoms with E-state index in [2.05, 4.69) is 6.07 Å². The predicted molar refractivity (Wildman–Crippen MR) is 61.9 cm³/mol. The summed E-state index contributed by atoms with van der Waals surface area (Å²) < 4.78 is 0. The number of benzene rings is 1. The average molecular weight is 205 g/mol. The van der Waals surface area contributed by atoms with Gasteiger partial charge in [0.15, 0.2) is 0 Å². The van der Waals surface area contributed by atoms with Crippen LogP contribution in [0.4, 0.5) is 0 Å². The molecule has 1 atom stereocenters. The van der Waals surface area contributed by atoms with Crippen LogP contribution in [0.15, 0.2) is 18.2 Å². The molecule has 0 fully saturated rings. The maximum Gasteiger partial charge on any atom is 0.119 e.